The van der Waals surface area contributed by atoms with Crippen LogP contribution in [0.3, 0.4) is 0 Å². The molecule has 1 aliphatic rings. The fraction of sp³-hybridized carbons (Fsp3) is 0.240. The van der Waals surface area contributed by atoms with E-state index >= 15 is 0 Å². The van der Waals surface area contributed by atoms with Crippen LogP contribution in [0.1, 0.15) is 34.6 Å². The Hall–Kier alpha value is -1.73. The second-order valence-electron chi connectivity index (χ2n) is 7.36. The molecule has 0 atom stereocenters. The predicted molar refractivity (Wildman–Crippen MR) is 110 cm³/mol. The van der Waals surface area contributed by atoms with E-state index in [4.69, 9.17) is 0 Å². The Morgan fingerprint density at radius 1 is 0.821 bits per heavy atom. The average molecular weight is 456 g/mol. The Morgan fingerprint density at radius 3 is 1.86 bits per heavy atom. The summed E-state index contributed by atoms with van der Waals surface area (Å²) in [5, 5.41) is 2.63. The number of hydrogen-bond donors (Lipinski definition) is 0. The number of fused-ring (bicyclic) bond motifs is 1. The second-order valence-corrected chi connectivity index (χ2v) is 7.36. The minimum absolute atomic E-state index is 0. The molecule has 0 saturated carbocycles. The SMILES string of the molecule is CC1=[C-]C(C)(C)C(C)=C1C.[F-].[F-].[Zr+4].c1ccc(-c2cc3ccccc3[cH-]2)cc1. The molecule has 3 heteroatoms. The molecule has 0 fully saturated rings. The number of benzene rings is 2. The van der Waals surface area contributed by atoms with Gasteiger partial charge in [-0.05, 0) is 0 Å². The summed E-state index contributed by atoms with van der Waals surface area (Å²) in [7, 11) is 0. The molecule has 0 spiro atoms. The molecule has 0 unspecified atom stereocenters. The summed E-state index contributed by atoms with van der Waals surface area (Å²) in [6.07, 6.45) is 3.44. The van der Waals surface area contributed by atoms with Crippen LogP contribution in [-0.4, -0.2) is 0 Å². The van der Waals surface area contributed by atoms with Crippen molar-refractivity contribution in [3.63, 3.8) is 0 Å². The van der Waals surface area contributed by atoms with Gasteiger partial charge in [-0.25, -0.2) is 5.57 Å². The van der Waals surface area contributed by atoms with E-state index in [0.29, 0.717) is 0 Å². The van der Waals surface area contributed by atoms with E-state index in [9.17, 15) is 0 Å². The largest absolute Gasteiger partial charge is 4.00 e. The van der Waals surface area contributed by atoms with Crippen molar-refractivity contribution in [1.29, 1.82) is 0 Å². The molecule has 0 aromatic heterocycles. The molecule has 144 valence electrons. The molecule has 0 aliphatic heterocycles. The van der Waals surface area contributed by atoms with Crippen molar-refractivity contribution in [1.82, 2.24) is 0 Å². The van der Waals surface area contributed by atoms with E-state index in [1.54, 1.807) is 0 Å². The van der Waals surface area contributed by atoms with E-state index in [1.807, 2.05) is 6.07 Å². The van der Waals surface area contributed by atoms with Crippen LogP contribution in [0.4, 0.5) is 0 Å². The molecule has 0 amide bonds. The Kier molecular flexibility index (Phi) is 10.1. The molecule has 4 rings (SSSR count). The number of allylic oxidation sites excluding steroid dienone is 4. The Morgan fingerprint density at radius 2 is 1.39 bits per heavy atom. The molecule has 0 bridgehead atoms. The first-order valence-electron chi connectivity index (χ1n) is 8.89. The summed E-state index contributed by atoms with van der Waals surface area (Å²) in [6.45, 7) is 10.9. The van der Waals surface area contributed by atoms with Crippen LogP contribution in [-0.2, 0) is 26.2 Å². The molecular weight excluding hydrogens is 429 g/mol. The summed E-state index contributed by atoms with van der Waals surface area (Å²) >= 11 is 0. The van der Waals surface area contributed by atoms with Gasteiger partial charge in [-0.15, -0.1) is 41.5 Å². The summed E-state index contributed by atoms with van der Waals surface area (Å²) in [6, 6.07) is 23.4. The van der Waals surface area contributed by atoms with Gasteiger partial charge in [-0.1, -0.05) is 87.2 Å². The monoisotopic (exact) mass is 454 g/mol. The van der Waals surface area contributed by atoms with E-state index in [0.717, 1.165) is 0 Å². The number of halogens is 2. The first kappa shape index (κ1) is 26.3. The van der Waals surface area contributed by atoms with E-state index in [2.05, 4.69) is 101 Å². The molecule has 1 aliphatic carbocycles. The summed E-state index contributed by atoms with van der Waals surface area (Å²) in [5.74, 6) is 0. The van der Waals surface area contributed by atoms with E-state index < -0.39 is 0 Å². The van der Waals surface area contributed by atoms with Gasteiger partial charge in [0.25, 0.3) is 0 Å². The van der Waals surface area contributed by atoms with Crippen molar-refractivity contribution in [3.05, 3.63) is 89.5 Å². The van der Waals surface area contributed by atoms with Gasteiger partial charge in [0.05, 0.1) is 0 Å². The maximum Gasteiger partial charge on any atom is 4.00 e. The second kappa shape index (κ2) is 10.7. The van der Waals surface area contributed by atoms with Crippen LogP contribution >= 0.6 is 0 Å². The number of rotatable bonds is 1. The Labute approximate surface area is 186 Å². The first-order valence-corrected chi connectivity index (χ1v) is 8.89. The minimum atomic E-state index is 0. The topological polar surface area (TPSA) is 0 Å². The van der Waals surface area contributed by atoms with Crippen LogP contribution in [0.15, 0.2) is 83.4 Å². The molecule has 3 aromatic carbocycles. The standard InChI is InChI=1S/C15H11.C10H15.2FH.Zr/c1-2-6-12(7-3-1)15-10-13-8-4-5-9-14(13)11-15;1-7-6-10(4,5)9(3)8(7)2;;;/h1-11H;1-5H3;2*1H;/q2*-1;;;+4/p-2. The zero-order valence-electron chi connectivity index (χ0n) is 17.1. The van der Waals surface area contributed by atoms with E-state index in [-0.39, 0.29) is 41.0 Å². The zero-order valence-corrected chi connectivity index (χ0v) is 19.6. The van der Waals surface area contributed by atoms with Gasteiger partial charge in [-0.3, -0.25) is 6.08 Å². The Balaban J connectivity index is 0.000000503. The molecule has 0 saturated heterocycles. The van der Waals surface area contributed by atoms with Crippen molar-refractivity contribution >= 4 is 10.8 Å². The van der Waals surface area contributed by atoms with Crippen molar-refractivity contribution in [2.24, 2.45) is 5.41 Å². The third-order valence-corrected chi connectivity index (χ3v) is 5.29. The molecule has 0 N–H and O–H groups in total. The van der Waals surface area contributed by atoms with Crippen LogP contribution in [0.2, 0.25) is 0 Å². The van der Waals surface area contributed by atoms with Crippen molar-refractivity contribution in [2.75, 3.05) is 0 Å². The van der Waals surface area contributed by atoms with Crippen LogP contribution in [0.5, 0.6) is 0 Å². The average Bonchev–Trinajstić information content (AvgIpc) is 3.12. The third-order valence-electron chi connectivity index (χ3n) is 5.29. The van der Waals surface area contributed by atoms with Gasteiger partial charge in [0.15, 0.2) is 0 Å². The summed E-state index contributed by atoms with van der Waals surface area (Å²) in [4.78, 5) is 0. The van der Waals surface area contributed by atoms with E-state index in [1.165, 1.54) is 38.6 Å². The fourth-order valence-corrected chi connectivity index (χ4v) is 3.35. The van der Waals surface area contributed by atoms with Crippen LogP contribution in [0.25, 0.3) is 21.9 Å². The molecule has 0 nitrogen and oxygen atoms in total. The van der Waals surface area contributed by atoms with Gasteiger partial charge < -0.3 is 9.41 Å². The van der Waals surface area contributed by atoms with Gasteiger partial charge in [-0.2, -0.15) is 11.1 Å². The number of hydrogen-bond acceptors (Lipinski definition) is 0. The maximum absolute atomic E-state index is 3.44. The molecule has 3 aromatic rings. The quantitative estimate of drug-likeness (QED) is 0.486. The normalized spacial score (nSPS) is 14.1. The predicted octanol–water partition coefficient (Wildman–Crippen LogP) is 1.34. The smallest absolute Gasteiger partial charge is 1.00 e. The van der Waals surface area contributed by atoms with Crippen LogP contribution < -0.4 is 9.41 Å². The van der Waals surface area contributed by atoms with Crippen molar-refractivity contribution in [2.45, 2.75) is 34.6 Å². The van der Waals surface area contributed by atoms with Crippen molar-refractivity contribution < 1.29 is 35.6 Å². The van der Waals surface area contributed by atoms with Gasteiger partial charge >= 0.3 is 26.2 Å². The Bertz CT molecular complexity index is 914. The van der Waals surface area contributed by atoms with Crippen molar-refractivity contribution in [3.8, 4) is 11.1 Å². The molecule has 0 radical (unpaired) electrons. The maximum atomic E-state index is 3.44. The minimum Gasteiger partial charge on any atom is -1.00 e. The van der Waals surface area contributed by atoms with Crippen LogP contribution in [0, 0.1) is 11.5 Å². The van der Waals surface area contributed by atoms with Gasteiger partial charge in [0, 0.05) is 0 Å². The van der Waals surface area contributed by atoms with Gasteiger partial charge in [0.2, 0.25) is 0 Å². The molecule has 28 heavy (non-hydrogen) atoms. The summed E-state index contributed by atoms with van der Waals surface area (Å²) < 4.78 is 0. The first-order chi connectivity index (χ1) is 11.9. The molecule has 0 heterocycles. The van der Waals surface area contributed by atoms with Gasteiger partial charge in [0.1, 0.15) is 0 Å². The fourth-order valence-electron chi connectivity index (χ4n) is 3.35. The zero-order chi connectivity index (χ0) is 18.0. The third kappa shape index (κ3) is 5.64. The molecular formula is C25H26F2Zr. The summed E-state index contributed by atoms with van der Waals surface area (Å²) in [5.41, 5.74) is 6.98.